The lowest BCUT2D eigenvalue weighted by molar-refractivity contribution is -0.137. The molecular formula is C42H43N3O8. The van der Waals surface area contributed by atoms with E-state index in [2.05, 4.69) is 29.6 Å². The van der Waals surface area contributed by atoms with Gasteiger partial charge in [-0.2, -0.15) is 0 Å². The molecule has 1 saturated heterocycles. The molecule has 2 N–H and O–H groups in total. The number of ether oxygens (including phenoxy) is 3. The number of phenols is 1. The van der Waals surface area contributed by atoms with E-state index in [1.807, 2.05) is 42.5 Å². The van der Waals surface area contributed by atoms with Crippen LogP contribution in [0.3, 0.4) is 0 Å². The van der Waals surface area contributed by atoms with Crippen LogP contribution in [-0.4, -0.2) is 78.0 Å². The van der Waals surface area contributed by atoms with Crippen LogP contribution in [0.4, 0.5) is 0 Å². The molecule has 2 unspecified atom stereocenters. The van der Waals surface area contributed by atoms with Gasteiger partial charge >= 0.3 is 0 Å². The number of nitrogens with one attached hydrogen (secondary N) is 1. The maximum Gasteiger partial charge on any atom is 0.255 e. The number of hydrogen-bond acceptors (Lipinski definition) is 8. The standard InChI is InChI=1S/C42H43N3O8/c1-44(39(48)9-5-6-21-51-32-15-17-33-29(23-32)25-45(42(33)50)36-18-19-38(47)43-41(36)49)20-22-52-31-13-10-28(11-14-31)40-34-16-12-30(46)24-37(34)53-26-35(40)27-7-3-2-4-8-27/h2-4,7-8,10-17,23-24,35-36,40,46H,5-6,9,18-22,25-26H2,1H3,(H,43,47,49)/t35-,36?,40?/m1/s1. The smallest absolute Gasteiger partial charge is 0.255 e. The first-order valence-electron chi connectivity index (χ1n) is 18.1. The summed E-state index contributed by atoms with van der Waals surface area (Å²) in [7, 11) is 1.78. The largest absolute Gasteiger partial charge is 0.508 e. The second kappa shape index (κ2) is 15.8. The van der Waals surface area contributed by atoms with Crippen molar-refractivity contribution in [3.05, 3.63) is 119 Å². The molecule has 0 saturated carbocycles. The van der Waals surface area contributed by atoms with Gasteiger partial charge in [0.1, 0.15) is 35.6 Å². The van der Waals surface area contributed by atoms with Crippen LogP contribution >= 0.6 is 0 Å². The Morgan fingerprint density at radius 1 is 0.906 bits per heavy atom. The van der Waals surface area contributed by atoms with Crippen molar-refractivity contribution in [1.82, 2.24) is 15.1 Å². The summed E-state index contributed by atoms with van der Waals surface area (Å²) in [6.45, 7) is 2.03. The molecule has 4 aromatic carbocycles. The Kier molecular flexibility index (Phi) is 10.6. The Morgan fingerprint density at radius 3 is 2.47 bits per heavy atom. The van der Waals surface area contributed by atoms with Crippen molar-refractivity contribution >= 4 is 23.6 Å². The predicted octanol–water partition coefficient (Wildman–Crippen LogP) is 5.55. The number of hydrogen-bond donors (Lipinski definition) is 2. The highest BCUT2D eigenvalue weighted by Gasteiger charge is 2.39. The van der Waals surface area contributed by atoms with Gasteiger partial charge in [-0.05, 0) is 72.4 Å². The molecule has 0 bridgehead atoms. The molecule has 0 spiro atoms. The molecule has 11 heteroatoms. The Balaban J connectivity index is 0.841. The molecule has 11 nitrogen and oxygen atoms in total. The van der Waals surface area contributed by atoms with Crippen LogP contribution < -0.4 is 19.5 Å². The first-order valence-corrected chi connectivity index (χ1v) is 18.1. The van der Waals surface area contributed by atoms with Crippen LogP contribution in [0.1, 0.15) is 76.6 Å². The normalized spacial score (nSPS) is 19.2. The first-order chi connectivity index (χ1) is 25.7. The van der Waals surface area contributed by atoms with Crippen LogP contribution in [0.5, 0.6) is 23.0 Å². The average Bonchev–Trinajstić information content (AvgIpc) is 3.49. The summed E-state index contributed by atoms with van der Waals surface area (Å²) in [5.41, 5.74) is 4.68. The van der Waals surface area contributed by atoms with E-state index in [9.17, 15) is 24.3 Å². The third kappa shape index (κ3) is 7.99. The number of benzene rings is 4. The minimum Gasteiger partial charge on any atom is -0.508 e. The van der Waals surface area contributed by atoms with Crippen LogP contribution in [0.2, 0.25) is 0 Å². The number of amides is 4. The van der Waals surface area contributed by atoms with Crippen molar-refractivity contribution in [2.75, 3.05) is 33.4 Å². The number of piperidine rings is 1. The van der Waals surface area contributed by atoms with Gasteiger partial charge < -0.3 is 29.1 Å². The molecule has 4 amide bonds. The summed E-state index contributed by atoms with van der Waals surface area (Å²) in [6, 6.07) is 28.3. The summed E-state index contributed by atoms with van der Waals surface area (Å²) in [4.78, 5) is 52.7. The van der Waals surface area contributed by atoms with Crippen molar-refractivity contribution in [1.29, 1.82) is 0 Å². The number of rotatable bonds is 13. The maximum atomic E-state index is 12.9. The van der Waals surface area contributed by atoms with Gasteiger partial charge in [-0.1, -0.05) is 48.5 Å². The molecule has 4 aromatic rings. The molecule has 3 heterocycles. The highest BCUT2D eigenvalue weighted by Crippen LogP contribution is 2.47. The molecule has 53 heavy (non-hydrogen) atoms. The molecule has 3 aliphatic rings. The van der Waals surface area contributed by atoms with E-state index in [0.717, 1.165) is 22.4 Å². The van der Waals surface area contributed by atoms with Gasteiger partial charge in [0, 0.05) is 55.5 Å². The molecular weight excluding hydrogens is 674 g/mol. The van der Waals surface area contributed by atoms with Crippen molar-refractivity contribution in [2.24, 2.45) is 0 Å². The average molecular weight is 718 g/mol. The number of unbranched alkanes of at least 4 members (excludes halogenated alkanes) is 1. The Labute approximate surface area is 308 Å². The lowest BCUT2D eigenvalue weighted by Gasteiger charge is -2.34. The SMILES string of the molecule is CN(CCOc1ccc(C2c3ccc(O)cc3OC[C@@H]2c2ccccc2)cc1)C(=O)CCCCOc1ccc2c(c1)CN(C1CCC(=O)NC1=O)C2=O. The Bertz CT molecular complexity index is 1980. The maximum absolute atomic E-state index is 12.9. The summed E-state index contributed by atoms with van der Waals surface area (Å²) in [5, 5.41) is 12.4. The van der Waals surface area contributed by atoms with E-state index in [-0.39, 0.29) is 41.7 Å². The van der Waals surface area contributed by atoms with Crippen molar-refractivity contribution in [2.45, 2.75) is 56.5 Å². The molecule has 0 radical (unpaired) electrons. The minimum atomic E-state index is -0.654. The molecule has 1 fully saturated rings. The number of aromatic hydroxyl groups is 1. The monoisotopic (exact) mass is 717 g/mol. The quantitative estimate of drug-likeness (QED) is 0.136. The Morgan fingerprint density at radius 2 is 1.68 bits per heavy atom. The third-order valence-electron chi connectivity index (χ3n) is 10.3. The van der Waals surface area contributed by atoms with E-state index in [1.54, 1.807) is 36.2 Å². The van der Waals surface area contributed by atoms with Crippen LogP contribution in [-0.2, 0) is 20.9 Å². The zero-order valence-electron chi connectivity index (χ0n) is 29.7. The zero-order chi connectivity index (χ0) is 36.9. The fourth-order valence-corrected chi connectivity index (χ4v) is 7.39. The second-order valence-corrected chi connectivity index (χ2v) is 13.8. The van der Waals surface area contributed by atoms with Gasteiger partial charge in [-0.15, -0.1) is 0 Å². The zero-order valence-corrected chi connectivity index (χ0v) is 29.7. The minimum absolute atomic E-state index is 0.0321. The number of carbonyl (C=O) groups excluding carboxylic acids is 4. The van der Waals surface area contributed by atoms with Gasteiger partial charge in [0.05, 0.1) is 19.8 Å². The number of carbonyl (C=O) groups is 4. The Hall–Kier alpha value is -5.84. The van der Waals surface area contributed by atoms with Gasteiger partial charge in [-0.3, -0.25) is 24.5 Å². The number of imide groups is 1. The molecule has 3 aliphatic heterocycles. The van der Waals surface area contributed by atoms with Gasteiger partial charge in [0.25, 0.3) is 5.91 Å². The van der Waals surface area contributed by atoms with E-state index in [4.69, 9.17) is 14.2 Å². The topological polar surface area (TPSA) is 135 Å². The molecule has 0 aliphatic carbocycles. The number of nitrogens with zero attached hydrogens (tertiary/aromatic N) is 2. The highest BCUT2D eigenvalue weighted by molar-refractivity contribution is 6.05. The van der Waals surface area contributed by atoms with E-state index in [1.165, 1.54) is 10.5 Å². The molecule has 274 valence electrons. The summed E-state index contributed by atoms with van der Waals surface area (Å²) in [6.07, 6.45) is 2.27. The number of likely N-dealkylation sites (N-methyl/N-ethyl adjacent to an activating group) is 1. The molecule has 7 rings (SSSR count). The van der Waals surface area contributed by atoms with E-state index >= 15 is 0 Å². The van der Waals surface area contributed by atoms with Crippen LogP contribution in [0, 0.1) is 0 Å². The summed E-state index contributed by atoms with van der Waals surface area (Å²) in [5.74, 6) is 1.44. The lowest BCUT2D eigenvalue weighted by Crippen LogP contribution is -2.52. The van der Waals surface area contributed by atoms with Gasteiger partial charge in [0.15, 0.2) is 0 Å². The van der Waals surface area contributed by atoms with Crippen molar-refractivity contribution in [3.8, 4) is 23.0 Å². The summed E-state index contributed by atoms with van der Waals surface area (Å²) >= 11 is 0. The predicted molar refractivity (Wildman–Crippen MR) is 196 cm³/mol. The third-order valence-corrected chi connectivity index (χ3v) is 10.3. The van der Waals surface area contributed by atoms with Gasteiger partial charge in [-0.25, -0.2) is 0 Å². The first kappa shape index (κ1) is 35.6. The number of phenolic OH excluding ortho intramolecular Hbond substituents is 1. The van der Waals surface area contributed by atoms with Crippen molar-refractivity contribution in [3.63, 3.8) is 0 Å². The fourth-order valence-electron chi connectivity index (χ4n) is 7.39. The van der Waals surface area contributed by atoms with Crippen LogP contribution in [0.15, 0.2) is 91.0 Å². The van der Waals surface area contributed by atoms with E-state index in [0.29, 0.717) is 75.7 Å². The van der Waals surface area contributed by atoms with Gasteiger partial charge in [0.2, 0.25) is 17.7 Å². The number of fused-ring (bicyclic) bond motifs is 2. The van der Waals surface area contributed by atoms with Crippen molar-refractivity contribution < 1.29 is 38.5 Å². The lowest BCUT2D eigenvalue weighted by atomic mass is 9.76. The second-order valence-electron chi connectivity index (χ2n) is 13.8. The molecule has 0 aromatic heterocycles. The van der Waals surface area contributed by atoms with Crippen LogP contribution in [0.25, 0.3) is 0 Å². The fraction of sp³-hybridized carbons (Fsp3) is 0.333. The molecule has 3 atom stereocenters. The summed E-state index contributed by atoms with van der Waals surface area (Å²) < 4.78 is 18.0. The highest BCUT2D eigenvalue weighted by atomic mass is 16.5. The van der Waals surface area contributed by atoms with E-state index < -0.39 is 11.9 Å².